The van der Waals surface area contributed by atoms with Gasteiger partial charge in [0.2, 0.25) is 0 Å². The molecular formula is C15H24N2O4. The number of carbonyl (C=O) groups excluding carboxylic acids is 1. The maximum atomic E-state index is 11.4. The molecule has 0 atom stereocenters. The molecule has 0 radical (unpaired) electrons. The van der Waals surface area contributed by atoms with Crippen molar-refractivity contribution in [3.8, 4) is 11.5 Å². The van der Waals surface area contributed by atoms with Crippen molar-refractivity contribution in [1.82, 2.24) is 10.6 Å². The fraction of sp³-hybridized carbons (Fsp3) is 0.533. The Balaban J connectivity index is 2.39. The predicted molar refractivity (Wildman–Crippen MR) is 81.0 cm³/mol. The minimum Gasteiger partial charge on any atom is -0.493 e. The molecule has 2 amide bonds. The number of rotatable bonds is 9. The third kappa shape index (κ3) is 6.35. The van der Waals surface area contributed by atoms with E-state index in [2.05, 4.69) is 10.6 Å². The van der Waals surface area contributed by atoms with Crippen LogP contribution >= 0.6 is 0 Å². The number of aliphatic hydroxyl groups is 1. The number of urea groups is 1. The summed E-state index contributed by atoms with van der Waals surface area (Å²) in [6, 6.07) is 5.52. The van der Waals surface area contributed by atoms with Gasteiger partial charge in [-0.3, -0.25) is 0 Å². The largest absolute Gasteiger partial charge is 0.493 e. The van der Waals surface area contributed by atoms with Gasteiger partial charge in [0.05, 0.1) is 13.7 Å². The first-order valence-corrected chi connectivity index (χ1v) is 7.13. The van der Waals surface area contributed by atoms with Gasteiger partial charge in [0, 0.05) is 19.7 Å². The van der Waals surface area contributed by atoms with E-state index in [0.717, 1.165) is 11.3 Å². The molecule has 6 nitrogen and oxygen atoms in total. The number of nitrogens with one attached hydrogen (secondary N) is 2. The monoisotopic (exact) mass is 296 g/mol. The van der Waals surface area contributed by atoms with Crippen molar-refractivity contribution in [3.63, 3.8) is 0 Å². The highest BCUT2D eigenvalue weighted by atomic mass is 16.5. The zero-order valence-corrected chi connectivity index (χ0v) is 12.6. The Kier molecular flexibility index (Phi) is 8.04. The third-order valence-electron chi connectivity index (χ3n) is 2.85. The predicted octanol–water partition coefficient (Wildman–Crippen LogP) is 1.32. The second kappa shape index (κ2) is 9.88. The normalized spacial score (nSPS) is 10.0. The molecule has 3 N–H and O–H groups in total. The Morgan fingerprint density at radius 1 is 1.24 bits per heavy atom. The number of ether oxygens (including phenoxy) is 2. The highest BCUT2D eigenvalue weighted by Crippen LogP contribution is 2.28. The summed E-state index contributed by atoms with van der Waals surface area (Å²) < 4.78 is 10.7. The lowest BCUT2D eigenvalue weighted by molar-refractivity contribution is 0.238. The van der Waals surface area contributed by atoms with Crippen LogP contribution in [0.15, 0.2) is 18.2 Å². The van der Waals surface area contributed by atoms with Crippen LogP contribution in [0.2, 0.25) is 0 Å². The van der Waals surface area contributed by atoms with E-state index in [-0.39, 0.29) is 12.6 Å². The molecule has 1 aromatic rings. The van der Waals surface area contributed by atoms with Gasteiger partial charge in [-0.25, -0.2) is 4.79 Å². The first-order valence-electron chi connectivity index (χ1n) is 7.13. The Morgan fingerprint density at radius 3 is 2.67 bits per heavy atom. The molecule has 0 fully saturated rings. The molecule has 0 aliphatic heterocycles. The second-order valence-corrected chi connectivity index (χ2v) is 4.43. The summed E-state index contributed by atoms with van der Waals surface area (Å²) in [6.07, 6.45) is 1.26. The summed E-state index contributed by atoms with van der Waals surface area (Å²) in [4.78, 5) is 11.4. The lowest BCUT2D eigenvalue weighted by Gasteiger charge is -2.11. The fourth-order valence-corrected chi connectivity index (χ4v) is 1.81. The average molecular weight is 296 g/mol. The van der Waals surface area contributed by atoms with E-state index in [1.165, 1.54) is 0 Å². The van der Waals surface area contributed by atoms with Crippen LogP contribution in [0.5, 0.6) is 11.5 Å². The van der Waals surface area contributed by atoms with Crippen molar-refractivity contribution < 1.29 is 19.4 Å². The van der Waals surface area contributed by atoms with E-state index in [1.54, 1.807) is 7.11 Å². The Labute approximate surface area is 125 Å². The molecule has 6 heteroatoms. The quantitative estimate of drug-likeness (QED) is 0.600. The van der Waals surface area contributed by atoms with Gasteiger partial charge >= 0.3 is 6.03 Å². The van der Waals surface area contributed by atoms with Crippen molar-refractivity contribution in [2.24, 2.45) is 0 Å². The third-order valence-corrected chi connectivity index (χ3v) is 2.85. The average Bonchev–Trinajstić information content (AvgIpc) is 2.49. The van der Waals surface area contributed by atoms with Crippen LogP contribution in [0.4, 0.5) is 4.79 Å². The van der Waals surface area contributed by atoms with Crippen molar-refractivity contribution in [3.05, 3.63) is 23.8 Å². The van der Waals surface area contributed by atoms with Gasteiger partial charge < -0.3 is 25.2 Å². The van der Waals surface area contributed by atoms with Crippen LogP contribution in [-0.2, 0) is 6.42 Å². The van der Waals surface area contributed by atoms with Gasteiger partial charge in [0.1, 0.15) is 0 Å². The van der Waals surface area contributed by atoms with Crippen LogP contribution < -0.4 is 20.1 Å². The lowest BCUT2D eigenvalue weighted by Crippen LogP contribution is -2.37. The number of aliphatic hydroxyl groups excluding tert-OH is 1. The van der Waals surface area contributed by atoms with E-state index in [0.29, 0.717) is 38.3 Å². The summed E-state index contributed by atoms with van der Waals surface area (Å²) in [7, 11) is 1.61. The molecule has 21 heavy (non-hydrogen) atoms. The number of hydrogen-bond acceptors (Lipinski definition) is 4. The molecule has 0 unspecified atom stereocenters. The summed E-state index contributed by atoms with van der Waals surface area (Å²) in [5.41, 5.74) is 1.06. The van der Waals surface area contributed by atoms with E-state index in [9.17, 15) is 4.79 Å². The smallest absolute Gasteiger partial charge is 0.314 e. The van der Waals surface area contributed by atoms with Crippen molar-refractivity contribution in [2.45, 2.75) is 19.8 Å². The minimum atomic E-state index is -0.221. The molecule has 0 saturated carbocycles. The van der Waals surface area contributed by atoms with Gasteiger partial charge in [-0.05, 0) is 37.5 Å². The highest BCUT2D eigenvalue weighted by Gasteiger charge is 2.05. The first-order chi connectivity index (χ1) is 10.2. The zero-order chi connectivity index (χ0) is 15.5. The van der Waals surface area contributed by atoms with Crippen LogP contribution in [-0.4, -0.2) is 44.6 Å². The van der Waals surface area contributed by atoms with Crippen molar-refractivity contribution >= 4 is 6.03 Å². The van der Waals surface area contributed by atoms with Gasteiger partial charge in [-0.1, -0.05) is 6.07 Å². The summed E-state index contributed by atoms with van der Waals surface area (Å²) in [6.45, 7) is 3.59. The van der Waals surface area contributed by atoms with Crippen LogP contribution in [0, 0.1) is 0 Å². The number of hydrogen-bond donors (Lipinski definition) is 3. The van der Waals surface area contributed by atoms with Gasteiger partial charge in [-0.2, -0.15) is 0 Å². The lowest BCUT2D eigenvalue weighted by atomic mass is 10.1. The molecule has 0 saturated heterocycles. The maximum Gasteiger partial charge on any atom is 0.314 e. The fourth-order valence-electron chi connectivity index (χ4n) is 1.81. The van der Waals surface area contributed by atoms with Gasteiger partial charge in [-0.15, -0.1) is 0 Å². The van der Waals surface area contributed by atoms with Crippen molar-refractivity contribution in [1.29, 1.82) is 0 Å². The SMILES string of the molecule is CCOc1ccc(CCNC(=O)NCCCO)cc1OC. The van der Waals surface area contributed by atoms with E-state index in [4.69, 9.17) is 14.6 Å². The van der Waals surface area contributed by atoms with Crippen molar-refractivity contribution in [2.75, 3.05) is 33.4 Å². The van der Waals surface area contributed by atoms with Crippen LogP contribution in [0.25, 0.3) is 0 Å². The topological polar surface area (TPSA) is 79.8 Å². The summed E-state index contributed by atoms with van der Waals surface area (Å²) >= 11 is 0. The van der Waals surface area contributed by atoms with E-state index < -0.39 is 0 Å². The van der Waals surface area contributed by atoms with Crippen LogP contribution in [0.1, 0.15) is 18.9 Å². The molecule has 1 rings (SSSR count). The Bertz CT molecular complexity index is 438. The summed E-state index contributed by atoms with van der Waals surface area (Å²) in [5.74, 6) is 1.42. The molecular weight excluding hydrogens is 272 g/mol. The molecule has 0 aromatic heterocycles. The molecule has 0 heterocycles. The maximum absolute atomic E-state index is 11.4. The first kappa shape index (κ1) is 17.1. The Morgan fingerprint density at radius 2 is 2.00 bits per heavy atom. The van der Waals surface area contributed by atoms with Crippen LogP contribution in [0.3, 0.4) is 0 Å². The molecule has 0 aliphatic rings. The standard InChI is InChI=1S/C15H24N2O4/c1-3-21-13-6-5-12(11-14(13)20-2)7-9-17-15(19)16-8-4-10-18/h5-6,11,18H,3-4,7-10H2,1-2H3,(H2,16,17,19). The van der Waals surface area contributed by atoms with E-state index >= 15 is 0 Å². The minimum absolute atomic E-state index is 0.0756. The Hall–Kier alpha value is -1.95. The molecule has 0 spiro atoms. The van der Waals surface area contributed by atoms with Gasteiger partial charge in [0.15, 0.2) is 11.5 Å². The number of benzene rings is 1. The highest BCUT2D eigenvalue weighted by molar-refractivity contribution is 5.73. The number of amides is 2. The summed E-state index contributed by atoms with van der Waals surface area (Å²) in [5, 5.41) is 14.0. The second-order valence-electron chi connectivity index (χ2n) is 4.43. The molecule has 0 aliphatic carbocycles. The number of methoxy groups -OCH3 is 1. The van der Waals surface area contributed by atoms with E-state index in [1.807, 2.05) is 25.1 Å². The molecule has 1 aromatic carbocycles. The molecule has 118 valence electrons. The zero-order valence-electron chi connectivity index (χ0n) is 12.6. The van der Waals surface area contributed by atoms with Gasteiger partial charge in [0.25, 0.3) is 0 Å². The molecule has 0 bridgehead atoms. The number of carbonyl (C=O) groups is 1.